The van der Waals surface area contributed by atoms with Gasteiger partial charge in [-0.25, -0.2) is 0 Å². The molecular weight excluding hydrogens is 298 g/mol. The molecule has 0 fully saturated rings. The Hall–Kier alpha value is -2.55. The minimum Gasteiger partial charge on any atom is -0.459 e. The van der Waals surface area contributed by atoms with Crippen LogP contribution in [-0.2, 0) is 12.8 Å². The lowest BCUT2D eigenvalue weighted by atomic mass is 10.0. The summed E-state index contributed by atoms with van der Waals surface area (Å²) in [5.41, 5.74) is 4.34. The standard InChI is InChI=1S/C21H21NO2/c1-14(20-13-17-6-3-4-9-19(17)24-20)22(2)21(23)18-11-10-15-7-5-8-16(15)12-18/h3-4,6,9-14H,5,7-8H2,1-2H3. The minimum atomic E-state index is -0.113. The topological polar surface area (TPSA) is 33.5 Å². The summed E-state index contributed by atoms with van der Waals surface area (Å²) >= 11 is 0. The van der Waals surface area contributed by atoms with E-state index in [2.05, 4.69) is 12.1 Å². The van der Waals surface area contributed by atoms with E-state index < -0.39 is 0 Å². The number of benzene rings is 2. The molecule has 1 aliphatic rings. The number of hydrogen-bond donors (Lipinski definition) is 0. The van der Waals surface area contributed by atoms with Crippen LogP contribution < -0.4 is 0 Å². The van der Waals surface area contributed by atoms with Crippen molar-refractivity contribution in [3.05, 3.63) is 71.0 Å². The second-order valence-corrected chi connectivity index (χ2v) is 6.62. The SMILES string of the molecule is CC(c1cc2ccccc2o1)N(C)C(=O)c1ccc2c(c1)CCC2. The van der Waals surface area contributed by atoms with Gasteiger partial charge in [0.05, 0.1) is 6.04 Å². The first-order valence-corrected chi connectivity index (χ1v) is 8.51. The fraction of sp³-hybridized carbons (Fsp3) is 0.286. The van der Waals surface area contributed by atoms with E-state index in [1.54, 1.807) is 4.90 Å². The molecule has 24 heavy (non-hydrogen) atoms. The van der Waals surface area contributed by atoms with Gasteiger partial charge in [-0.15, -0.1) is 0 Å². The van der Waals surface area contributed by atoms with Gasteiger partial charge >= 0.3 is 0 Å². The summed E-state index contributed by atoms with van der Waals surface area (Å²) in [6.07, 6.45) is 3.41. The highest BCUT2D eigenvalue weighted by Gasteiger charge is 2.23. The van der Waals surface area contributed by atoms with Crippen LogP contribution in [0.3, 0.4) is 0 Å². The maximum Gasteiger partial charge on any atom is 0.254 e. The summed E-state index contributed by atoms with van der Waals surface area (Å²) in [5, 5.41) is 1.07. The number of para-hydroxylation sites is 1. The Morgan fingerprint density at radius 1 is 1.08 bits per heavy atom. The Kier molecular flexibility index (Phi) is 3.64. The molecule has 0 N–H and O–H groups in total. The highest BCUT2D eigenvalue weighted by Crippen LogP contribution is 2.28. The number of carbonyl (C=O) groups excluding carboxylic acids is 1. The van der Waals surface area contributed by atoms with Gasteiger partial charge in [0.2, 0.25) is 0 Å². The molecule has 3 nitrogen and oxygen atoms in total. The molecule has 1 unspecified atom stereocenters. The summed E-state index contributed by atoms with van der Waals surface area (Å²) < 4.78 is 5.92. The van der Waals surface area contributed by atoms with E-state index in [0.717, 1.165) is 35.1 Å². The maximum absolute atomic E-state index is 12.9. The lowest BCUT2D eigenvalue weighted by molar-refractivity contribution is 0.0727. The Balaban J connectivity index is 1.59. The van der Waals surface area contributed by atoms with E-state index in [4.69, 9.17) is 4.42 Å². The Morgan fingerprint density at radius 3 is 2.71 bits per heavy atom. The Morgan fingerprint density at radius 2 is 1.88 bits per heavy atom. The van der Waals surface area contributed by atoms with Crippen LogP contribution >= 0.6 is 0 Å². The van der Waals surface area contributed by atoms with Crippen molar-refractivity contribution in [2.24, 2.45) is 0 Å². The second-order valence-electron chi connectivity index (χ2n) is 6.62. The highest BCUT2D eigenvalue weighted by molar-refractivity contribution is 5.94. The van der Waals surface area contributed by atoms with Crippen molar-refractivity contribution >= 4 is 16.9 Å². The van der Waals surface area contributed by atoms with Gasteiger partial charge in [-0.1, -0.05) is 24.3 Å². The van der Waals surface area contributed by atoms with Crippen LogP contribution in [0.1, 0.15) is 46.6 Å². The fourth-order valence-corrected chi connectivity index (χ4v) is 3.48. The van der Waals surface area contributed by atoms with Crippen LogP contribution in [0.25, 0.3) is 11.0 Å². The number of fused-ring (bicyclic) bond motifs is 2. The zero-order valence-electron chi connectivity index (χ0n) is 14.1. The Labute approximate surface area is 141 Å². The average Bonchev–Trinajstić information content (AvgIpc) is 3.25. The summed E-state index contributed by atoms with van der Waals surface area (Å²) in [7, 11) is 1.84. The molecule has 1 aromatic heterocycles. The highest BCUT2D eigenvalue weighted by atomic mass is 16.3. The minimum absolute atomic E-state index is 0.0395. The van der Waals surface area contributed by atoms with Crippen LogP contribution in [0, 0.1) is 0 Å². The number of hydrogen-bond acceptors (Lipinski definition) is 2. The summed E-state index contributed by atoms with van der Waals surface area (Å²) in [6, 6.07) is 16.0. The van der Waals surface area contributed by atoms with Gasteiger partial charge in [0.15, 0.2) is 0 Å². The van der Waals surface area contributed by atoms with Crippen LogP contribution in [-0.4, -0.2) is 17.9 Å². The van der Waals surface area contributed by atoms with Gasteiger partial charge in [-0.05, 0) is 61.6 Å². The predicted octanol–water partition coefficient (Wildman–Crippen LogP) is 4.75. The van der Waals surface area contributed by atoms with Gasteiger partial charge in [-0.2, -0.15) is 0 Å². The van der Waals surface area contributed by atoms with Crippen molar-refractivity contribution < 1.29 is 9.21 Å². The molecule has 1 heterocycles. The first-order chi connectivity index (χ1) is 11.6. The number of rotatable bonds is 3. The third-order valence-corrected chi connectivity index (χ3v) is 5.10. The largest absolute Gasteiger partial charge is 0.459 e. The summed E-state index contributed by atoms with van der Waals surface area (Å²) in [6.45, 7) is 2.00. The van der Waals surface area contributed by atoms with Gasteiger partial charge in [0, 0.05) is 18.0 Å². The molecule has 122 valence electrons. The van der Waals surface area contributed by atoms with Gasteiger partial charge in [-0.3, -0.25) is 4.79 Å². The molecule has 1 aliphatic carbocycles. The average molecular weight is 319 g/mol. The number of nitrogens with zero attached hydrogens (tertiary/aromatic N) is 1. The molecule has 2 aromatic carbocycles. The predicted molar refractivity (Wildman–Crippen MR) is 95.2 cm³/mol. The quantitative estimate of drug-likeness (QED) is 0.697. The first kappa shape index (κ1) is 15.0. The van der Waals surface area contributed by atoms with Gasteiger partial charge in [0.1, 0.15) is 11.3 Å². The van der Waals surface area contributed by atoms with Crippen molar-refractivity contribution in [3.63, 3.8) is 0 Å². The van der Waals surface area contributed by atoms with E-state index in [9.17, 15) is 4.79 Å². The molecule has 3 heteroatoms. The summed E-state index contributed by atoms with van der Waals surface area (Å²) in [4.78, 5) is 14.6. The molecule has 0 aliphatic heterocycles. The normalized spacial score (nSPS) is 14.6. The van der Waals surface area contributed by atoms with Crippen molar-refractivity contribution in [3.8, 4) is 0 Å². The first-order valence-electron chi connectivity index (χ1n) is 8.51. The van der Waals surface area contributed by atoms with Crippen LogP contribution in [0.2, 0.25) is 0 Å². The third-order valence-electron chi connectivity index (χ3n) is 5.10. The zero-order chi connectivity index (χ0) is 16.7. The lowest BCUT2D eigenvalue weighted by Crippen LogP contribution is -2.29. The number of furan rings is 1. The van der Waals surface area contributed by atoms with Crippen LogP contribution in [0.5, 0.6) is 0 Å². The number of aryl methyl sites for hydroxylation is 2. The fourth-order valence-electron chi connectivity index (χ4n) is 3.48. The second kappa shape index (κ2) is 5.82. The molecule has 4 rings (SSSR count). The van der Waals surface area contributed by atoms with Gasteiger partial charge < -0.3 is 9.32 Å². The monoisotopic (exact) mass is 319 g/mol. The van der Waals surface area contributed by atoms with Crippen molar-refractivity contribution in [2.75, 3.05) is 7.05 Å². The smallest absolute Gasteiger partial charge is 0.254 e. The van der Waals surface area contributed by atoms with E-state index in [0.29, 0.717) is 0 Å². The van der Waals surface area contributed by atoms with Crippen molar-refractivity contribution in [2.45, 2.75) is 32.2 Å². The molecule has 0 saturated heterocycles. The van der Waals surface area contributed by atoms with E-state index >= 15 is 0 Å². The van der Waals surface area contributed by atoms with E-state index in [1.807, 2.05) is 50.4 Å². The Bertz CT molecular complexity index is 876. The van der Waals surface area contributed by atoms with Crippen LogP contribution in [0.15, 0.2) is 52.9 Å². The number of amides is 1. The van der Waals surface area contributed by atoms with E-state index in [1.165, 1.54) is 17.5 Å². The molecule has 1 amide bonds. The molecular formula is C21H21NO2. The van der Waals surface area contributed by atoms with Crippen LogP contribution in [0.4, 0.5) is 0 Å². The maximum atomic E-state index is 12.9. The third kappa shape index (κ3) is 2.50. The summed E-state index contributed by atoms with van der Waals surface area (Å²) in [5.74, 6) is 0.853. The molecule has 3 aromatic rings. The lowest BCUT2D eigenvalue weighted by Gasteiger charge is -2.23. The molecule has 0 bridgehead atoms. The molecule has 0 radical (unpaired) electrons. The molecule has 0 spiro atoms. The number of carbonyl (C=O) groups is 1. The zero-order valence-corrected chi connectivity index (χ0v) is 14.1. The van der Waals surface area contributed by atoms with Gasteiger partial charge in [0.25, 0.3) is 5.91 Å². The van der Waals surface area contributed by atoms with E-state index in [-0.39, 0.29) is 11.9 Å². The van der Waals surface area contributed by atoms with Crippen molar-refractivity contribution in [1.29, 1.82) is 0 Å². The molecule has 1 atom stereocenters. The molecule has 0 saturated carbocycles. The van der Waals surface area contributed by atoms with Crippen molar-refractivity contribution in [1.82, 2.24) is 4.90 Å².